The Morgan fingerprint density at radius 1 is 1.22 bits per heavy atom. The second-order valence-electron chi connectivity index (χ2n) is 3.42. The first-order valence-electron chi connectivity index (χ1n) is 4.76. The van der Waals surface area contributed by atoms with Crippen LogP contribution < -0.4 is 0 Å². The number of rotatable bonds is 2. The van der Waals surface area contributed by atoms with Gasteiger partial charge in [-0.2, -0.15) is 18.3 Å². The molecule has 1 N–H and O–H groups in total. The summed E-state index contributed by atoms with van der Waals surface area (Å²) in [4.78, 5) is 9.68. The summed E-state index contributed by atoms with van der Waals surface area (Å²) in [6.07, 6.45) is -4.84. The molecule has 0 spiro atoms. The average Bonchev–Trinajstić information content (AvgIpc) is 2.74. The van der Waals surface area contributed by atoms with Crippen molar-refractivity contribution in [3.63, 3.8) is 0 Å². The maximum Gasteiger partial charge on any atom is 0.439 e. The van der Waals surface area contributed by atoms with Gasteiger partial charge in [0.15, 0.2) is 5.69 Å². The van der Waals surface area contributed by atoms with E-state index in [1.54, 1.807) is 23.3 Å². The van der Waals surface area contributed by atoms with Crippen molar-refractivity contribution in [3.05, 3.63) is 46.1 Å². The smallest absolute Gasteiger partial charge is 0.267 e. The Kier molecular flexibility index (Phi) is 2.77. The molecule has 0 unspecified atom stereocenters. The van der Waals surface area contributed by atoms with Crippen molar-refractivity contribution in [1.82, 2.24) is 10.2 Å². The summed E-state index contributed by atoms with van der Waals surface area (Å²) in [5.41, 5.74) is -2.59. The molecule has 94 valence electrons. The minimum atomic E-state index is -4.84. The van der Waals surface area contributed by atoms with Crippen molar-refractivity contribution in [2.75, 3.05) is 0 Å². The summed E-state index contributed by atoms with van der Waals surface area (Å²) in [5, 5.41) is 15.8. The molecule has 0 radical (unpaired) electrons. The van der Waals surface area contributed by atoms with E-state index in [-0.39, 0.29) is 11.3 Å². The van der Waals surface area contributed by atoms with Crippen LogP contribution in [0.25, 0.3) is 11.3 Å². The van der Waals surface area contributed by atoms with E-state index in [9.17, 15) is 23.3 Å². The Bertz CT molecular complexity index is 578. The molecular formula is C10H6F3N3O2. The third-order valence-electron chi connectivity index (χ3n) is 2.25. The highest BCUT2D eigenvalue weighted by molar-refractivity contribution is 5.71. The lowest BCUT2D eigenvalue weighted by Gasteiger charge is -2.02. The zero-order chi connectivity index (χ0) is 13.3. The lowest BCUT2D eigenvalue weighted by atomic mass is 10.1. The Morgan fingerprint density at radius 3 is 2.33 bits per heavy atom. The van der Waals surface area contributed by atoms with Crippen LogP contribution in [0.4, 0.5) is 18.9 Å². The van der Waals surface area contributed by atoms with E-state index in [0.29, 0.717) is 0 Å². The van der Waals surface area contributed by atoms with Gasteiger partial charge in [0.1, 0.15) is 0 Å². The van der Waals surface area contributed by atoms with E-state index in [0.717, 1.165) is 0 Å². The Hall–Kier alpha value is -2.38. The first-order chi connectivity index (χ1) is 8.41. The average molecular weight is 257 g/mol. The van der Waals surface area contributed by atoms with E-state index in [2.05, 4.69) is 5.10 Å². The molecule has 2 aromatic rings. The quantitative estimate of drug-likeness (QED) is 0.664. The number of alkyl halides is 3. The number of aromatic amines is 1. The van der Waals surface area contributed by atoms with Gasteiger partial charge in [0.05, 0.1) is 4.92 Å². The highest BCUT2D eigenvalue weighted by Crippen LogP contribution is 2.39. The van der Waals surface area contributed by atoms with E-state index in [1.807, 2.05) is 0 Å². The number of aromatic nitrogens is 2. The zero-order valence-electron chi connectivity index (χ0n) is 8.73. The van der Waals surface area contributed by atoms with E-state index in [1.165, 1.54) is 12.1 Å². The standard InChI is InChI=1S/C10H6F3N3O2/c11-10(12,13)9-8(16(17)18)7(14-15-9)6-4-2-1-3-5-6/h1-5H,(H,14,15). The van der Waals surface area contributed by atoms with Crippen LogP contribution >= 0.6 is 0 Å². The highest BCUT2D eigenvalue weighted by atomic mass is 19.4. The van der Waals surface area contributed by atoms with Gasteiger partial charge in [0.25, 0.3) is 0 Å². The Morgan fingerprint density at radius 2 is 1.83 bits per heavy atom. The number of hydrogen-bond donors (Lipinski definition) is 1. The zero-order valence-corrected chi connectivity index (χ0v) is 8.73. The molecule has 8 heteroatoms. The van der Waals surface area contributed by atoms with Gasteiger partial charge in [-0.1, -0.05) is 30.3 Å². The number of nitro groups is 1. The lowest BCUT2D eigenvalue weighted by Crippen LogP contribution is -2.08. The van der Waals surface area contributed by atoms with E-state index in [4.69, 9.17) is 0 Å². The number of nitrogens with zero attached hydrogens (tertiary/aromatic N) is 2. The molecule has 18 heavy (non-hydrogen) atoms. The van der Waals surface area contributed by atoms with Crippen molar-refractivity contribution in [3.8, 4) is 11.3 Å². The van der Waals surface area contributed by atoms with Crippen molar-refractivity contribution in [2.24, 2.45) is 0 Å². The number of hydrogen-bond acceptors (Lipinski definition) is 3. The van der Waals surface area contributed by atoms with Gasteiger partial charge in [-0.15, -0.1) is 0 Å². The largest absolute Gasteiger partial charge is 0.439 e. The minimum absolute atomic E-state index is 0.246. The van der Waals surface area contributed by atoms with Gasteiger partial charge in [-0.05, 0) is 0 Å². The summed E-state index contributed by atoms with van der Waals surface area (Å²) in [5.74, 6) is 0. The summed E-state index contributed by atoms with van der Waals surface area (Å²) in [6, 6.07) is 7.65. The Balaban J connectivity index is 2.64. The summed E-state index contributed by atoms with van der Waals surface area (Å²) in [7, 11) is 0. The number of benzene rings is 1. The molecule has 0 saturated carbocycles. The summed E-state index contributed by atoms with van der Waals surface area (Å²) >= 11 is 0. The van der Waals surface area contributed by atoms with Gasteiger partial charge in [0.2, 0.25) is 5.69 Å². The molecule has 1 aromatic carbocycles. The fourth-order valence-electron chi connectivity index (χ4n) is 1.51. The van der Waals surface area contributed by atoms with Crippen LogP contribution in [0.15, 0.2) is 30.3 Å². The predicted octanol–water partition coefficient (Wildman–Crippen LogP) is 3.00. The summed E-state index contributed by atoms with van der Waals surface area (Å²) < 4.78 is 37.7. The molecular weight excluding hydrogens is 251 g/mol. The SMILES string of the molecule is O=[N+]([O-])c1c(-c2ccccc2)n[nH]c1C(F)(F)F. The molecule has 0 bridgehead atoms. The maximum absolute atomic E-state index is 12.6. The molecule has 0 aliphatic rings. The van der Waals surface area contributed by atoms with Crippen LogP contribution in [0.3, 0.4) is 0 Å². The molecule has 0 aliphatic carbocycles. The fourth-order valence-corrected chi connectivity index (χ4v) is 1.51. The van der Waals surface area contributed by atoms with Gasteiger partial charge >= 0.3 is 11.9 Å². The van der Waals surface area contributed by atoms with Crippen LogP contribution in [0.5, 0.6) is 0 Å². The molecule has 0 atom stereocenters. The predicted molar refractivity (Wildman–Crippen MR) is 55.7 cm³/mol. The van der Waals surface area contributed by atoms with Crippen LogP contribution in [-0.4, -0.2) is 15.1 Å². The third kappa shape index (κ3) is 2.04. The third-order valence-corrected chi connectivity index (χ3v) is 2.25. The van der Waals surface area contributed by atoms with Gasteiger partial charge < -0.3 is 0 Å². The second-order valence-corrected chi connectivity index (χ2v) is 3.42. The Labute approximate surface area is 98.4 Å². The molecule has 0 aliphatic heterocycles. The topological polar surface area (TPSA) is 71.8 Å². The van der Waals surface area contributed by atoms with Crippen molar-refractivity contribution in [2.45, 2.75) is 6.18 Å². The minimum Gasteiger partial charge on any atom is -0.267 e. The number of halogens is 3. The maximum atomic E-state index is 12.6. The van der Waals surface area contributed by atoms with Crippen LogP contribution in [-0.2, 0) is 6.18 Å². The van der Waals surface area contributed by atoms with Crippen LogP contribution in [0.1, 0.15) is 5.69 Å². The fraction of sp³-hybridized carbons (Fsp3) is 0.100. The monoisotopic (exact) mass is 257 g/mol. The van der Waals surface area contributed by atoms with Crippen molar-refractivity contribution < 1.29 is 18.1 Å². The summed E-state index contributed by atoms with van der Waals surface area (Å²) in [6.45, 7) is 0. The van der Waals surface area contributed by atoms with Crippen molar-refractivity contribution >= 4 is 5.69 Å². The molecule has 5 nitrogen and oxygen atoms in total. The molecule has 0 fully saturated rings. The molecule has 1 aromatic heterocycles. The normalized spacial score (nSPS) is 11.5. The van der Waals surface area contributed by atoms with Crippen molar-refractivity contribution in [1.29, 1.82) is 0 Å². The van der Waals surface area contributed by atoms with E-state index >= 15 is 0 Å². The highest BCUT2D eigenvalue weighted by Gasteiger charge is 2.43. The first kappa shape index (κ1) is 12.1. The molecule has 1 heterocycles. The van der Waals surface area contributed by atoms with E-state index < -0.39 is 22.5 Å². The van der Waals surface area contributed by atoms with Gasteiger partial charge in [-0.3, -0.25) is 15.2 Å². The number of H-pyrrole nitrogens is 1. The second kappa shape index (κ2) is 4.13. The molecule has 2 rings (SSSR count). The van der Waals surface area contributed by atoms with Gasteiger partial charge in [0, 0.05) is 5.56 Å². The molecule has 0 amide bonds. The lowest BCUT2D eigenvalue weighted by molar-refractivity contribution is -0.387. The molecule has 0 saturated heterocycles. The first-order valence-corrected chi connectivity index (χ1v) is 4.76. The van der Waals surface area contributed by atoms with Gasteiger partial charge in [-0.25, -0.2) is 0 Å². The number of nitrogens with one attached hydrogen (secondary N) is 1. The van der Waals surface area contributed by atoms with Crippen LogP contribution in [0.2, 0.25) is 0 Å². The van der Waals surface area contributed by atoms with Crippen LogP contribution in [0, 0.1) is 10.1 Å².